The average molecular weight is 559 g/mol. The Bertz CT molecular complexity index is 2470. The molecule has 204 valence electrons. The quantitative estimate of drug-likeness (QED) is 0.159. The lowest BCUT2D eigenvalue weighted by molar-refractivity contribution is 1.19. The summed E-state index contributed by atoms with van der Waals surface area (Å²) < 4.78 is 0. The van der Waals surface area contributed by atoms with Gasteiger partial charge in [-0.25, -0.2) is 9.97 Å². The van der Waals surface area contributed by atoms with Gasteiger partial charge in [-0.1, -0.05) is 140 Å². The lowest BCUT2D eigenvalue weighted by Crippen LogP contribution is -1.95. The maximum atomic E-state index is 4.94. The fourth-order valence-electron chi connectivity index (χ4n) is 6.96. The summed E-state index contributed by atoms with van der Waals surface area (Å²) in [6.07, 6.45) is 3.88. The van der Waals surface area contributed by atoms with Crippen LogP contribution >= 0.6 is 0 Å². The van der Waals surface area contributed by atoms with Gasteiger partial charge in [0.1, 0.15) is 0 Å². The first-order chi connectivity index (χ1) is 21.8. The van der Waals surface area contributed by atoms with Crippen molar-refractivity contribution in [2.24, 2.45) is 0 Å². The van der Waals surface area contributed by atoms with Crippen LogP contribution in [0.4, 0.5) is 0 Å². The first-order valence-electron chi connectivity index (χ1n) is 15.0. The van der Waals surface area contributed by atoms with E-state index in [2.05, 4.69) is 127 Å². The van der Waals surface area contributed by atoms with E-state index in [4.69, 9.17) is 9.97 Å². The number of fused-ring (bicyclic) bond motifs is 7. The summed E-state index contributed by atoms with van der Waals surface area (Å²) in [4.78, 5) is 9.88. The number of benzene rings is 8. The van der Waals surface area contributed by atoms with E-state index < -0.39 is 0 Å². The smallest absolute Gasteiger partial charge is 0.160 e. The van der Waals surface area contributed by atoms with Crippen LogP contribution in [-0.4, -0.2) is 9.97 Å². The Morgan fingerprint density at radius 2 is 0.818 bits per heavy atom. The molecule has 0 aliphatic heterocycles. The molecular weight excluding hydrogens is 532 g/mol. The van der Waals surface area contributed by atoms with Crippen LogP contribution in [0, 0.1) is 0 Å². The number of aromatic nitrogens is 2. The van der Waals surface area contributed by atoms with Crippen LogP contribution in [-0.2, 0) is 0 Å². The van der Waals surface area contributed by atoms with Gasteiger partial charge in [0.25, 0.3) is 0 Å². The second-order valence-electron chi connectivity index (χ2n) is 11.4. The third kappa shape index (κ3) is 3.75. The van der Waals surface area contributed by atoms with Crippen molar-refractivity contribution in [3.8, 4) is 33.6 Å². The van der Waals surface area contributed by atoms with Gasteiger partial charge in [-0.05, 0) is 76.6 Å². The van der Waals surface area contributed by atoms with E-state index in [9.17, 15) is 0 Å². The minimum Gasteiger partial charge on any atom is -0.236 e. The monoisotopic (exact) mass is 558 g/mol. The predicted octanol–water partition coefficient (Wildman–Crippen LogP) is 11.2. The molecule has 1 heterocycles. The van der Waals surface area contributed by atoms with Crippen molar-refractivity contribution in [1.29, 1.82) is 0 Å². The van der Waals surface area contributed by atoms with Gasteiger partial charge >= 0.3 is 0 Å². The molecule has 9 aromatic rings. The van der Waals surface area contributed by atoms with E-state index in [1.807, 2.05) is 30.6 Å². The molecule has 0 atom stereocenters. The van der Waals surface area contributed by atoms with Crippen LogP contribution < -0.4 is 0 Å². The number of nitrogens with zero attached hydrogens (tertiary/aromatic N) is 2. The topological polar surface area (TPSA) is 25.8 Å². The summed E-state index contributed by atoms with van der Waals surface area (Å²) >= 11 is 0. The highest BCUT2D eigenvalue weighted by atomic mass is 14.9. The van der Waals surface area contributed by atoms with Crippen LogP contribution in [0.5, 0.6) is 0 Å². The summed E-state index contributed by atoms with van der Waals surface area (Å²) in [6.45, 7) is 0. The Balaban J connectivity index is 1.39. The number of hydrogen-bond acceptors (Lipinski definition) is 2. The Morgan fingerprint density at radius 3 is 1.48 bits per heavy atom. The van der Waals surface area contributed by atoms with Crippen LogP contribution in [0.25, 0.3) is 87.5 Å². The van der Waals surface area contributed by atoms with E-state index in [0.717, 1.165) is 33.3 Å². The Morgan fingerprint density at radius 1 is 0.318 bits per heavy atom. The highest BCUT2D eigenvalue weighted by Crippen LogP contribution is 2.46. The van der Waals surface area contributed by atoms with E-state index >= 15 is 0 Å². The summed E-state index contributed by atoms with van der Waals surface area (Å²) in [6, 6.07) is 52.2. The van der Waals surface area contributed by atoms with Gasteiger partial charge in [0.15, 0.2) is 5.82 Å². The van der Waals surface area contributed by atoms with Crippen molar-refractivity contribution in [3.05, 3.63) is 158 Å². The van der Waals surface area contributed by atoms with E-state index in [1.54, 1.807) is 0 Å². The first kappa shape index (κ1) is 24.7. The third-order valence-corrected chi connectivity index (χ3v) is 8.95. The molecular formula is C42H26N2. The summed E-state index contributed by atoms with van der Waals surface area (Å²) in [5.74, 6) is 0.734. The molecule has 9 rings (SSSR count). The van der Waals surface area contributed by atoms with Gasteiger partial charge in [0, 0.05) is 23.5 Å². The molecule has 0 fully saturated rings. The molecule has 44 heavy (non-hydrogen) atoms. The minimum absolute atomic E-state index is 0.734. The minimum atomic E-state index is 0.734. The van der Waals surface area contributed by atoms with Crippen molar-refractivity contribution >= 4 is 53.9 Å². The molecule has 0 aliphatic carbocycles. The van der Waals surface area contributed by atoms with Crippen LogP contribution in [0.15, 0.2) is 158 Å². The van der Waals surface area contributed by atoms with E-state index in [-0.39, 0.29) is 0 Å². The number of rotatable bonds is 3. The van der Waals surface area contributed by atoms with Gasteiger partial charge < -0.3 is 0 Å². The fourth-order valence-corrected chi connectivity index (χ4v) is 6.96. The molecule has 0 N–H and O–H groups in total. The molecule has 0 spiro atoms. The zero-order valence-corrected chi connectivity index (χ0v) is 23.9. The lowest BCUT2D eigenvalue weighted by Gasteiger charge is -2.19. The van der Waals surface area contributed by atoms with Crippen LogP contribution in [0.2, 0.25) is 0 Å². The van der Waals surface area contributed by atoms with Gasteiger partial charge in [-0.2, -0.15) is 0 Å². The molecule has 2 nitrogen and oxygen atoms in total. The van der Waals surface area contributed by atoms with Gasteiger partial charge in [-0.15, -0.1) is 0 Å². The van der Waals surface area contributed by atoms with E-state index in [1.165, 1.54) is 54.2 Å². The van der Waals surface area contributed by atoms with Crippen LogP contribution in [0.1, 0.15) is 0 Å². The molecule has 8 aromatic carbocycles. The second-order valence-corrected chi connectivity index (χ2v) is 11.4. The maximum Gasteiger partial charge on any atom is 0.160 e. The molecule has 1 aromatic heterocycles. The van der Waals surface area contributed by atoms with Crippen molar-refractivity contribution in [3.63, 3.8) is 0 Å². The van der Waals surface area contributed by atoms with Gasteiger partial charge in [0.2, 0.25) is 0 Å². The fraction of sp³-hybridized carbons (Fsp3) is 0. The SMILES string of the molecule is c1ccc(-c2cnc(-c3c4ccccc4c(-c4cc5c6ccccc6ccc5c5ccccc45)c4ccccc34)nc2)cc1. The summed E-state index contributed by atoms with van der Waals surface area (Å²) in [7, 11) is 0. The average Bonchev–Trinajstić information content (AvgIpc) is 3.10. The third-order valence-electron chi connectivity index (χ3n) is 8.95. The highest BCUT2D eigenvalue weighted by molar-refractivity contribution is 6.27. The van der Waals surface area contributed by atoms with Crippen molar-refractivity contribution in [1.82, 2.24) is 9.97 Å². The summed E-state index contributed by atoms with van der Waals surface area (Å²) in [5, 5.41) is 12.3. The first-order valence-corrected chi connectivity index (χ1v) is 15.0. The normalized spacial score (nSPS) is 11.6. The molecule has 0 saturated carbocycles. The zero-order valence-electron chi connectivity index (χ0n) is 23.9. The molecule has 0 saturated heterocycles. The van der Waals surface area contributed by atoms with Crippen molar-refractivity contribution in [2.75, 3.05) is 0 Å². The lowest BCUT2D eigenvalue weighted by atomic mass is 9.84. The van der Waals surface area contributed by atoms with Crippen molar-refractivity contribution in [2.45, 2.75) is 0 Å². The zero-order chi connectivity index (χ0) is 29.0. The summed E-state index contributed by atoms with van der Waals surface area (Å²) in [5.41, 5.74) is 5.67. The molecule has 0 radical (unpaired) electrons. The second kappa shape index (κ2) is 9.86. The van der Waals surface area contributed by atoms with Crippen molar-refractivity contribution < 1.29 is 0 Å². The van der Waals surface area contributed by atoms with E-state index in [0.29, 0.717) is 0 Å². The Labute approximate surface area is 254 Å². The van der Waals surface area contributed by atoms with Gasteiger partial charge in [-0.3, -0.25) is 0 Å². The largest absolute Gasteiger partial charge is 0.236 e. The van der Waals surface area contributed by atoms with Gasteiger partial charge in [0.05, 0.1) is 0 Å². The molecule has 0 bridgehead atoms. The standard InChI is InChI=1S/C42H26N2/c1-2-12-27(13-3-1)29-25-43-42(44-26-29)41-36-20-10-8-18-34(36)40(35-19-9-11-21-37(35)41)39-24-38-30-15-5-4-14-28(30)22-23-33(38)31-16-6-7-17-32(31)39/h1-26H. The highest BCUT2D eigenvalue weighted by Gasteiger charge is 2.20. The molecule has 0 aliphatic rings. The Kier molecular flexibility index (Phi) is 5.54. The molecule has 0 unspecified atom stereocenters. The predicted molar refractivity (Wildman–Crippen MR) is 186 cm³/mol. The van der Waals surface area contributed by atoms with Crippen LogP contribution in [0.3, 0.4) is 0 Å². The number of hydrogen-bond donors (Lipinski definition) is 0. The maximum absolute atomic E-state index is 4.94. The molecule has 0 amide bonds. The molecule has 2 heteroatoms. The Hall–Kier alpha value is -5.86.